The first-order chi connectivity index (χ1) is 12.9. The van der Waals surface area contributed by atoms with E-state index in [-0.39, 0.29) is 11.1 Å². The van der Waals surface area contributed by atoms with E-state index < -0.39 is 52.6 Å². The van der Waals surface area contributed by atoms with E-state index in [4.69, 9.17) is 4.74 Å². The second-order valence-corrected chi connectivity index (χ2v) is 7.40. The first kappa shape index (κ1) is 20.3. The number of halogens is 5. The highest BCUT2D eigenvalue weighted by Crippen LogP contribution is 2.48. The Morgan fingerprint density at radius 1 is 0.929 bits per heavy atom. The molecule has 28 heavy (non-hydrogen) atoms. The van der Waals surface area contributed by atoms with Gasteiger partial charge < -0.3 is 10.1 Å². The number of hydrogen-bond acceptors (Lipinski definition) is 2. The summed E-state index contributed by atoms with van der Waals surface area (Å²) in [4.78, 5) is 12.0. The molecule has 0 spiro atoms. The topological polar surface area (TPSA) is 38.3 Å². The third kappa shape index (κ3) is 3.15. The van der Waals surface area contributed by atoms with Crippen LogP contribution < -0.4 is 5.32 Å². The predicted octanol–water partition coefficient (Wildman–Crippen LogP) is 4.55. The monoisotopic (exact) mass is 399 g/mol. The van der Waals surface area contributed by atoms with Crippen LogP contribution in [0.2, 0.25) is 0 Å². The number of rotatable bonds is 2. The minimum atomic E-state index is -3.72. The Kier molecular flexibility index (Phi) is 4.74. The van der Waals surface area contributed by atoms with Crippen LogP contribution in [0.4, 0.5) is 22.0 Å². The van der Waals surface area contributed by atoms with Gasteiger partial charge in [0.05, 0.1) is 0 Å². The average Bonchev–Trinajstić information content (AvgIpc) is 2.64. The van der Waals surface area contributed by atoms with Crippen molar-refractivity contribution in [3.05, 3.63) is 59.4 Å². The third-order valence-corrected chi connectivity index (χ3v) is 5.04. The Morgan fingerprint density at radius 2 is 1.54 bits per heavy atom. The van der Waals surface area contributed by atoms with Gasteiger partial charge in [-0.3, -0.25) is 4.79 Å². The van der Waals surface area contributed by atoms with Crippen LogP contribution in [0.25, 0.3) is 11.1 Å². The first-order valence-corrected chi connectivity index (χ1v) is 8.47. The standard InChI is InChI=1S/C20H18F5NO2/c1-18(2)20(24,25)19(3,26-17(27)10-28-18)15-8-11(4-5-16(15)23)12-6-13(21)9-14(22)7-12/h4-9H,10H2,1-3H3,(H,26,27)/t19-/m1/s1. The van der Waals surface area contributed by atoms with Crippen LogP contribution >= 0.6 is 0 Å². The highest BCUT2D eigenvalue weighted by Gasteiger charge is 2.64. The summed E-state index contributed by atoms with van der Waals surface area (Å²) in [5.74, 6) is -7.29. The lowest BCUT2D eigenvalue weighted by Crippen LogP contribution is -2.62. The maximum atomic E-state index is 15.4. The molecule has 1 aliphatic rings. The van der Waals surface area contributed by atoms with Gasteiger partial charge in [-0.15, -0.1) is 0 Å². The Labute approximate surface area is 158 Å². The summed E-state index contributed by atoms with van der Waals surface area (Å²) < 4.78 is 77.5. The van der Waals surface area contributed by atoms with Crippen molar-refractivity contribution in [2.75, 3.05) is 6.61 Å². The second kappa shape index (κ2) is 6.55. The summed E-state index contributed by atoms with van der Waals surface area (Å²) >= 11 is 0. The molecule has 1 atom stereocenters. The molecule has 0 radical (unpaired) electrons. The molecular weight excluding hydrogens is 381 g/mol. The van der Waals surface area contributed by atoms with Gasteiger partial charge in [-0.2, -0.15) is 0 Å². The maximum Gasteiger partial charge on any atom is 0.302 e. The van der Waals surface area contributed by atoms with E-state index >= 15 is 8.78 Å². The second-order valence-electron chi connectivity index (χ2n) is 7.40. The molecule has 2 aromatic rings. The normalized spacial score (nSPS) is 23.8. The van der Waals surface area contributed by atoms with E-state index in [1.165, 1.54) is 6.07 Å². The molecule has 0 aromatic heterocycles. The molecule has 0 saturated carbocycles. The number of ether oxygens (including phenoxy) is 1. The van der Waals surface area contributed by atoms with Crippen LogP contribution in [-0.4, -0.2) is 24.0 Å². The number of carbonyl (C=O) groups is 1. The number of benzene rings is 2. The van der Waals surface area contributed by atoms with Gasteiger partial charge in [-0.05, 0) is 56.2 Å². The van der Waals surface area contributed by atoms with Crippen molar-refractivity contribution in [3.63, 3.8) is 0 Å². The highest BCUT2D eigenvalue weighted by atomic mass is 19.3. The van der Waals surface area contributed by atoms with Gasteiger partial charge in [0.15, 0.2) is 0 Å². The van der Waals surface area contributed by atoms with Crippen molar-refractivity contribution in [2.45, 2.75) is 37.8 Å². The van der Waals surface area contributed by atoms with E-state index in [9.17, 15) is 18.0 Å². The molecule has 3 rings (SSSR count). The smallest absolute Gasteiger partial charge is 0.302 e. The zero-order chi connectivity index (χ0) is 20.9. The minimum absolute atomic E-state index is 0.0427. The Hall–Kier alpha value is -2.48. The van der Waals surface area contributed by atoms with E-state index in [0.717, 1.165) is 45.0 Å². The van der Waals surface area contributed by atoms with Gasteiger partial charge in [0.1, 0.15) is 35.2 Å². The van der Waals surface area contributed by atoms with Gasteiger partial charge in [0.25, 0.3) is 0 Å². The predicted molar refractivity (Wildman–Crippen MR) is 92.2 cm³/mol. The fourth-order valence-electron chi connectivity index (χ4n) is 3.38. The SMILES string of the molecule is CC1(C)OCC(=O)N[C@](C)(c2cc(-c3cc(F)cc(F)c3)ccc2F)C1(F)F. The zero-order valence-electron chi connectivity index (χ0n) is 15.4. The average molecular weight is 399 g/mol. The van der Waals surface area contributed by atoms with Crippen LogP contribution in [-0.2, 0) is 15.1 Å². The summed E-state index contributed by atoms with van der Waals surface area (Å²) in [6, 6.07) is 5.85. The fraction of sp³-hybridized carbons (Fsp3) is 0.350. The third-order valence-electron chi connectivity index (χ3n) is 5.04. The maximum absolute atomic E-state index is 15.4. The molecule has 1 fully saturated rings. The minimum Gasteiger partial charge on any atom is -0.359 e. The van der Waals surface area contributed by atoms with Crippen molar-refractivity contribution >= 4 is 5.91 Å². The van der Waals surface area contributed by atoms with Crippen LogP contribution in [0.1, 0.15) is 26.3 Å². The van der Waals surface area contributed by atoms with E-state index in [2.05, 4.69) is 5.32 Å². The van der Waals surface area contributed by atoms with Crippen LogP contribution in [0.3, 0.4) is 0 Å². The van der Waals surface area contributed by atoms with Crippen LogP contribution in [0, 0.1) is 17.5 Å². The lowest BCUT2D eigenvalue weighted by molar-refractivity contribution is -0.216. The number of nitrogens with one attached hydrogen (secondary N) is 1. The molecule has 1 saturated heterocycles. The van der Waals surface area contributed by atoms with Gasteiger partial charge in [0, 0.05) is 11.6 Å². The molecule has 0 aliphatic carbocycles. The van der Waals surface area contributed by atoms with Crippen molar-refractivity contribution in [2.24, 2.45) is 0 Å². The van der Waals surface area contributed by atoms with Crippen LogP contribution in [0.15, 0.2) is 36.4 Å². The molecule has 3 nitrogen and oxygen atoms in total. The fourth-order valence-corrected chi connectivity index (χ4v) is 3.38. The number of carbonyl (C=O) groups excluding carboxylic acids is 1. The van der Waals surface area contributed by atoms with Gasteiger partial charge in [0.2, 0.25) is 5.91 Å². The quantitative estimate of drug-likeness (QED) is 0.753. The molecular formula is C20H18F5NO2. The van der Waals surface area contributed by atoms with Crippen molar-refractivity contribution < 1.29 is 31.5 Å². The molecule has 8 heteroatoms. The molecule has 1 N–H and O–H groups in total. The highest BCUT2D eigenvalue weighted by molar-refractivity contribution is 5.79. The molecule has 150 valence electrons. The first-order valence-electron chi connectivity index (χ1n) is 8.47. The summed E-state index contributed by atoms with van der Waals surface area (Å²) in [6.45, 7) is 2.59. The zero-order valence-corrected chi connectivity index (χ0v) is 15.4. The van der Waals surface area contributed by atoms with Gasteiger partial charge in [-0.1, -0.05) is 6.07 Å². The van der Waals surface area contributed by atoms with E-state index in [0.29, 0.717) is 6.07 Å². The summed E-state index contributed by atoms with van der Waals surface area (Å²) in [5, 5.41) is 2.16. The van der Waals surface area contributed by atoms with Crippen molar-refractivity contribution in [1.82, 2.24) is 5.32 Å². The van der Waals surface area contributed by atoms with E-state index in [1.807, 2.05) is 0 Å². The Morgan fingerprint density at radius 3 is 2.14 bits per heavy atom. The summed E-state index contributed by atoms with van der Waals surface area (Å²) in [5.41, 5.74) is -4.92. The van der Waals surface area contributed by atoms with E-state index in [1.54, 1.807) is 0 Å². The molecule has 0 unspecified atom stereocenters. The van der Waals surface area contributed by atoms with Gasteiger partial charge >= 0.3 is 5.92 Å². The summed E-state index contributed by atoms with van der Waals surface area (Å²) in [7, 11) is 0. The number of alkyl halides is 2. The summed E-state index contributed by atoms with van der Waals surface area (Å²) in [6.07, 6.45) is 0. The Balaban J connectivity index is 2.22. The lowest BCUT2D eigenvalue weighted by Gasteiger charge is -2.43. The van der Waals surface area contributed by atoms with Crippen molar-refractivity contribution in [1.29, 1.82) is 0 Å². The van der Waals surface area contributed by atoms with Gasteiger partial charge in [-0.25, -0.2) is 22.0 Å². The largest absolute Gasteiger partial charge is 0.359 e. The van der Waals surface area contributed by atoms with Crippen molar-refractivity contribution in [3.8, 4) is 11.1 Å². The molecule has 2 aromatic carbocycles. The molecule has 1 heterocycles. The number of amides is 1. The molecule has 1 aliphatic heterocycles. The number of hydrogen-bond donors (Lipinski definition) is 1. The Bertz CT molecular complexity index is 924. The lowest BCUT2D eigenvalue weighted by atomic mass is 9.77. The van der Waals surface area contributed by atoms with Crippen LogP contribution in [0.5, 0.6) is 0 Å². The molecule has 0 bridgehead atoms. The molecule has 1 amide bonds.